The van der Waals surface area contributed by atoms with Crippen LogP contribution in [0.4, 0.5) is 0 Å². The average Bonchev–Trinajstić information content (AvgIpc) is 2.18. The maximum absolute atomic E-state index is 11.2. The number of nitrogens with two attached hydrogens (primary N) is 1. The van der Waals surface area contributed by atoms with E-state index in [4.69, 9.17) is 18.0 Å². The first-order chi connectivity index (χ1) is 6.65. The van der Waals surface area contributed by atoms with Crippen molar-refractivity contribution in [3.05, 3.63) is 0 Å². The Morgan fingerprint density at radius 2 is 2.36 bits per heavy atom. The van der Waals surface area contributed by atoms with Crippen LogP contribution in [0.5, 0.6) is 0 Å². The van der Waals surface area contributed by atoms with Crippen LogP contribution in [0.1, 0.15) is 19.3 Å². The van der Waals surface area contributed by atoms with Crippen molar-refractivity contribution >= 4 is 23.1 Å². The zero-order valence-electron chi connectivity index (χ0n) is 8.45. The highest BCUT2D eigenvalue weighted by molar-refractivity contribution is 7.80. The molecular formula is C9H17N3OS. The third-order valence-corrected chi connectivity index (χ3v) is 2.84. The minimum absolute atomic E-state index is 0.0214. The molecule has 1 aliphatic heterocycles. The van der Waals surface area contributed by atoms with Crippen molar-refractivity contribution in [3.8, 4) is 0 Å². The van der Waals surface area contributed by atoms with Gasteiger partial charge in [-0.25, -0.2) is 0 Å². The van der Waals surface area contributed by atoms with Gasteiger partial charge in [-0.3, -0.25) is 9.69 Å². The lowest BCUT2D eigenvalue weighted by atomic mass is 10.0. The summed E-state index contributed by atoms with van der Waals surface area (Å²) in [5.74, 6) is 0.0214. The van der Waals surface area contributed by atoms with E-state index in [1.54, 1.807) is 7.05 Å². The summed E-state index contributed by atoms with van der Waals surface area (Å²) in [5.41, 5.74) is 5.63. The molecular weight excluding hydrogens is 198 g/mol. The minimum atomic E-state index is 0.0214. The second-order valence-electron chi connectivity index (χ2n) is 3.56. The topological polar surface area (TPSA) is 58.4 Å². The maximum atomic E-state index is 11.2. The molecule has 1 amide bonds. The molecule has 4 nitrogen and oxygen atoms in total. The second-order valence-corrected chi connectivity index (χ2v) is 4.03. The predicted molar refractivity (Wildman–Crippen MR) is 60.1 cm³/mol. The van der Waals surface area contributed by atoms with E-state index in [1.165, 1.54) is 0 Å². The molecule has 1 atom stereocenters. The van der Waals surface area contributed by atoms with Gasteiger partial charge < -0.3 is 11.1 Å². The lowest BCUT2D eigenvalue weighted by Gasteiger charge is -2.34. The van der Waals surface area contributed by atoms with E-state index in [2.05, 4.69) is 10.2 Å². The Bertz CT molecular complexity index is 232. The van der Waals surface area contributed by atoms with E-state index in [1.807, 2.05) is 0 Å². The smallest absolute Gasteiger partial charge is 0.233 e. The van der Waals surface area contributed by atoms with Crippen LogP contribution < -0.4 is 11.1 Å². The number of amides is 1. The Morgan fingerprint density at radius 3 is 2.93 bits per heavy atom. The molecule has 5 heteroatoms. The van der Waals surface area contributed by atoms with E-state index in [0.717, 1.165) is 25.8 Å². The first-order valence-corrected chi connectivity index (χ1v) is 5.30. The number of nitrogens with zero attached hydrogens (tertiary/aromatic N) is 1. The fraction of sp³-hybridized carbons (Fsp3) is 0.778. The third kappa shape index (κ3) is 2.92. The molecule has 0 saturated carbocycles. The van der Waals surface area contributed by atoms with Crippen molar-refractivity contribution in [3.63, 3.8) is 0 Å². The maximum Gasteiger partial charge on any atom is 0.233 e. The molecule has 1 rings (SSSR count). The molecule has 0 aromatic heterocycles. The van der Waals surface area contributed by atoms with Gasteiger partial charge in [-0.15, -0.1) is 0 Å². The molecule has 1 heterocycles. The Labute approximate surface area is 89.8 Å². The zero-order valence-corrected chi connectivity index (χ0v) is 9.27. The van der Waals surface area contributed by atoms with Gasteiger partial charge in [0.2, 0.25) is 5.91 Å². The summed E-state index contributed by atoms with van der Waals surface area (Å²) in [5, 5.41) is 2.61. The first-order valence-electron chi connectivity index (χ1n) is 4.89. The lowest BCUT2D eigenvalue weighted by Crippen LogP contribution is -2.50. The number of likely N-dealkylation sites (N-methyl/N-ethyl adjacent to an activating group) is 1. The first kappa shape index (κ1) is 11.4. The number of hydrogen-bond donors (Lipinski definition) is 2. The summed E-state index contributed by atoms with van der Waals surface area (Å²) in [6.07, 6.45) is 3.24. The molecule has 0 aromatic rings. The van der Waals surface area contributed by atoms with Gasteiger partial charge in [0.15, 0.2) is 0 Å². The summed E-state index contributed by atoms with van der Waals surface area (Å²) in [7, 11) is 1.64. The molecule has 0 bridgehead atoms. The van der Waals surface area contributed by atoms with Crippen LogP contribution in [0.25, 0.3) is 0 Å². The van der Waals surface area contributed by atoms with Gasteiger partial charge in [-0.2, -0.15) is 0 Å². The van der Waals surface area contributed by atoms with Crippen molar-refractivity contribution in [2.24, 2.45) is 5.73 Å². The van der Waals surface area contributed by atoms with E-state index in [9.17, 15) is 4.79 Å². The largest absolute Gasteiger partial charge is 0.392 e. The van der Waals surface area contributed by atoms with Crippen molar-refractivity contribution in [1.29, 1.82) is 0 Å². The Kier molecular flexibility index (Phi) is 4.28. The second kappa shape index (κ2) is 5.26. The van der Waals surface area contributed by atoms with Crippen LogP contribution in [-0.4, -0.2) is 42.0 Å². The highest BCUT2D eigenvalue weighted by Crippen LogP contribution is 2.16. The normalized spacial score (nSPS) is 23.1. The van der Waals surface area contributed by atoms with E-state index < -0.39 is 0 Å². The van der Waals surface area contributed by atoms with Crippen LogP contribution >= 0.6 is 12.2 Å². The van der Waals surface area contributed by atoms with Gasteiger partial charge in [-0.1, -0.05) is 18.6 Å². The molecule has 3 N–H and O–H groups in total. The van der Waals surface area contributed by atoms with Crippen LogP contribution in [0.3, 0.4) is 0 Å². The number of thiocarbonyl (C=S) groups is 1. The van der Waals surface area contributed by atoms with Crippen LogP contribution in [0, 0.1) is 0 Å². The van der Waals surface area contributed by atoms with E-state index >= 15 is 0 Å². The quantitative estimate of drug-likeness (QED) is 0.644. The predicted octanol–water partition coefficient (Wildman–Crippen LogP) is -0.127. The van der Waals surface area contributed by atoms with Gasteiger partial charge in [-0.05, 0) is 19.4 Å². The zero-order chi connectivity index (χ0) is 10.6. The third-order valence-electron chi connectivity index (χ3n) is 2.57. The van der Waals surface area contributed by atoms with Crippen molar-refractivity contribution in [1.82, 2.24) is 10.2 Å². The number of hydrogen-bond acceptors (Lipinski definition) is 3. The number of nitrogens with one attached hydrogen (secondary N) is 1. The molecule has 1 unspecified atom stereocenters. The molecule has 1 aliphatic rings. The molecule has 14 heavy (non-hydrogen) atoms. The highest BCUT2D eigenvalue weighted by atomic mass is 32.1. The molecule has 1 saturated heterocycles. The number of likely N-dealkylation sites (tertiary alicyclic amines) is 1. The summed E-state index contributed by atoms with van der Waals surface area (Å²) in [6.45, 7) is 1.31. The van der Waals surface area contributed by atoms with Gasteiger partial charge in [0, 0.05) is 7.05 Å². The minimum Gasteiger partial charge on any atom is -0.392 e. The molecule has 0 radical (unpaired) electrons. The Balaban J connectivity index is 2.54. The fourth-order valence-electron chi connectivity index (χ4n) is 1.77. The summed E-state index contributed by atoms with van der Waals surface area (Å²) >= 11 is 4.99. The highest BCUT2D eigenvalue weighted by Gasteiger charge is 2.25. The van der Waals surface area contributed by atoms with E-state index in [0.29, 0.717) is 11.5 Å². The summed E-state index contributed by atoms with van der Waals surface area (Å²) in [4.78, 5) is 13.8. The number of piperidine rings is 1. The van der Waals surface area contributed by atoms with Crippen LogP contribution in [0.2, 0.25) is 0 Å². The summed E-state index contributed by atoms with van der Waals surface area (Å²) < 4.78 is 0. The van der Waals surface area contributed by atoms with E-state index in [-0.39, 0.29) is 11.9 Å². The fourth-order valence-corrected chi connectivity index (χ4v) is 2.03. The number of carbonyl (C=O) groups is 1. The number of rotatable bonds is 3. The average molecular weight is 215 g/mol. The lowest BCUT2D eigenvalue weighted by molar-refractivity contribution is -0.122. The van der Waals surface area contributed by atoms with Gasteiger partial charge >= 0.3 is 0 Å². The molecule has 0 spiro atoms. The Hall–Kier alpha value is -0.680. The standard InChI is InChI=1S/C9H17N3OS/c1-11-8(13)6-12-5-3-2-4-7(12)9(10)14/h7H,2-6H2,1H3,(H2,10,14)(H,11,13). The molecule has 0 aliphatic carbocycles. The SMILES string of the molecule is CNC(=O)CN1CCCCC1C(N)=S. The van der Waals surface area contributed by atoms with Crippen LogP contribution in [0.15, 0.2) is 0 Å². The van der Waals surface area contributed by atoms with Crippen molar-refractivity contribution in [2.75, 3.05) is 20.1 Å². The number of carbonyl (C=O) groups excluding carboxylic acids is 1. The monoisotopic (exact) mass is 215 g/mol. The van der Waals surface area contributed by atoms with Gasteiger partial charge in [0.05, 0.1) is 17.6 Å². The summed E-state index contributed by atoms with van der Waals surface area (Å²) in [6, 6.07) is 0.107. The van der Waals surface area contributed by atoms with Gasteiger partial charge in [0.25, 0.3) is 0 Å². The van der Waals surface area contributed by atoms with Crippen LogP contribution in [-0.2, 0) is 4.79 Å². The molecule has 1 fully saturated rings. The van der Waals surface area contributed by atoms with Gasteiger partial charge in [0.1, 0.15) is 0 Å². The van der Waals surface area contributed by atoms with Crippen molar-refractivity contribution in [2.45, 2.75) is 25.3 Å². The molecule has 80 valence electrons. The van der Waals surface area contributed by atoms with Crippen molar-refractivity contribution < 1.29 is 4.79 Å². The Morgan fingerprint density at radius 1 is 1.64 bits per heavy atom. The molecule has 0 aromatic carbocycles.